The molecule has 2 aromatic carbocycles. The number of hydrogen-bond acceptors (Lipinski definition) is 2. The van der Waals surface area contributed by atoms with Crippen molar-refractivity contribution in [2.24, 2.45) is 5.73 Å². The summed E-state index contributed by atoms with van der Waals surface area (Å²) in [6, 6.07) is 14.5. The van der Waals surface area contributed by atoms with Crippen molar-refractivity contribution < 1.29 is 4.74 Å². The molecule has 0 saturated carbocycles. The zero-order valence-corrected chi connectivity index (χ0v) is 12.5. The highest BCUT2D eigenvalue weighted by molar-refractivity contribution is 5.39. The Labute approximate surface area is 121 Å². The lowest BCUT2D eigenvalue weighted by Crippen LogP contribution is -2.04. The van der Waals surface area contributed by atoms with Gasteiger partial charge in [0, 0.05) is 0 Å². The Kier molecular flexibility index (Phi) is 4.80. The predicted molar refractivity (Wildman–Crippen MR) is 84.5 cm³/mol. The summed E-state index contributed by atoms with van der Waals surface area (Å²) in [4.78, 5) is 0. The van der Waals surface area contributed by atoms with Gasteiger partial charge in [0.05, 0.1) is 0 Å². The standard InChI is InChI=1S/C18H23NO/c1-13(2)16-5-4-6-17(12-16)20-18-8-7-15(9-10-19)14(3)11-18/h4-8,11-13H,9-10,19H2,1-3H3. The molecule has 2 nitrogen and oxygen atoms in total. The van der Waals surface area contributed by atoms with E-state index in [1.165, 1.54) is 16.7 Å². The van der Waals surface area contributed by atoms with E-state index in [4.69, 9.17) is 10.5 Å². The van der Waals surface area contributed by atoms with Crippen molar-refractivity contribution in [2.75, 3.05) is 6.54 Å². The minimum Gasteiger partial charge on any atom is -0.457 e. The SMILES string of the molecule is Cc1cc(Oc2cccc(C(C)C)c2)ccc1CCN. The lowest BCUT2D eigenvalue weighted by atomic mass is 10.0. The van der Waals surface area contributed by atoms with Crippen LogP contribution in [0, 0.1) is 6.92 Å². The van der Waals surface area contributed by atoms with E-state index in [9.17, 15) is 0 Å². The van der Waals surface area contributed by atoms with Crippen LogP contribution in [0.5, 0.6) is 11.5 Å². The second-order valence-electron chi connectivity index (χ2n) is 5.46. The molecule has 0 heterocycles. The largest absolute Gasteiger partial charge is 0.457 e. The predicted octanol–water partition coefficient (Wildman–Crippen LogP) is 4.41. The highest BCUT2D eigenvalue weighted by Gasteiger charge is 2.04. The smallest absolute Gasteiger partial charge is 0.127 e. The van der Waals surface area contributed by atoms with Gasteiger partial charge in [0.25, 0.3) is 0 Å². The number of benzene rings is 2. The Bertz CT molecular complexity index is 575. The molecule has 0 aliphatic heterocycles. The first kappa shape index (κ1) is 14.6. The summed E-state index contributed by atoms with van der Waals surface area (Å²) in [6.45, 7) is 7.15. The lowest BCUT2D eigenvalue weighted by Gasteiger charge is -2.11. The summed E-state index contributed by atoms with van der Waals surface area (Å²) in [7, 11) is 0. The van der Waals surface area contributed by atoms with E-state index >= 15 is 0 Å². The van der Waals surface area contributed by atoms with Crippen LogP contribution in [0.4, 0.5) is 0 Å². The van der Waals surface area contributed by atoms with Gasteiger partial charge in [-0.2, -0.15) is 0 Å². The molecule has 0 amide bonds. The number of hydrogen-bond donors (Lipinski definition) is 1. The Morgan fingerprint density at radius 3 is 2.45 bits per heavy atom. The molecule has 0 unspecified atom stereocenters. The minimum absolute atomic E-state index is 0.507. The Hall–Kier alpha value is -1.80. The highest BCUT2D eigenvalue weighted by atomic mass is 16.5. The first-order valence-electron chi connectivity index (χ1n) is 7.17. The van der Waals surface area contributed by atoms with Gasteiger partial charge < -0.3 is 10.5 Å². The monoisotopic (exact) mass is 269 g/mol. The molecule has 0 bridgehead atoms. The highest BCUT2D eigenvalue weighted by Crippen LogP contribution is 2.26. The molecule has 2 rings (SSSR count). The van der Waals surface area contributed by atoms with Crippen LogP contribution in [0.1, 0.15) is 36.5 Å². The third kappa shape index (κ3) is 3.61. The van der Waals surface area contributed by atoms with Crippen molar-refractivity contribution in [3.63, 3.8) is 0 Å². The molecular formula is C18H23NO. The Morgan fingerprint density at radius 1 is 1.05 bits per heavy atom. The fourth-order valence-electron chi connectivity index (χ4n) is 2.24. The third-order valence-corrected chi connectivity index (χ3v) is 3.49. The Morgan fingerprint density at radius 2 is 1.80 bits per heavy atom. The van der Waals surface area contributed by atoms with Gasteiger partial charge in [-0.05, 0) is 66.8 Å². The molecule has 0 spiro atoms. The summed E-state index contributed by atoms with van der Waals surface area (Å²) in [5, 5.41) is 0. The zero-order valence-electron chi connectivity index (χ0n) is 12.5. The third-order valence-electron chi connectivity index (χ3n) is 3.49. The Balaban J connectivity index is 2.17. The maximum absolute atomic E-state index is 5.95. The van der Waals surface area contributed by atoms with E-state index in [1.54, 1.807) is 0 Å². The van der Waals surface area contributed by atoms with Gasteiger partial charge in [-0.1, -0.05) is 32.0 Å². The van der Waals surface area contributed by atoms with Crippen LogP contribution in [0.2, 0.25) is 0 Å². The van der Waals surface area contributed by atoms with Crippen molar-refractivity contribution in [3.05, 3.63) is 59.2 Å². The normalized spacial score (nSPS) is 10.8. The molecule has 106 valence electrons. The van der Waals surface area contributed by atoms with Crippen LogP contribution in [0.25, 0.3) is 0 Å². The van der Waals surface area contributed by atoms with E-state index in [0.29, 0.717) is 12.5 Å². The average molecular weight is 269 g/mol. The van der Waals surface area contributed by atoms with E-state index in [1.807, 2.05) is 18.2 Å². The molecule has 0 fully saturated rings. The van der Waals surface area contributed by atoms with E-state index in [-0.39, 0.29) is 0 Å². The molecule has 20 heavy (non-hydrogen) atoms. The van der Waals surface area contributed by atoms with Gasteiger partial charge in [0.15, 0.2) is 0 Å². The summed E-state index contributed by atoms with van der Waals surface area (Å²) < 4.78 is 5.95. The van der Waals surface area contributed by atoms with Gasteiger partial charge >= 0.3 is 0 Å². The molecule has 2 aromatic rings. The summed E-state index contributed by atoms with van der Waals surface area (Å²) in [5.41, 5.74) is 9.41. The molecule has 0 aromatic heterocycles. The van der Waals surface area contributed by atoms with Crippen LogP contribution < -0.4 is 10.5 Å². The van der Waals surface area contributed by atoms with E-state index < -0.39 is 0 Å². The van der Waals surface area contributed by atoms with Crippen molar-refractivity contribution in [1.82, 2.24) is 0 Å². The van der Waals surface area contributed by atoms with Crippen LogP contribution >= 0.6 is 0 Å². The first-order valence-corrected chi connectivity index (χ1v) is 7.17. The second-order valence-corrected chi connectivity index (χ2v) is 5.46. The second kappa shape index (κ2) is 6.58. The van der Waals surface area contributed by atoms with Crippen molar-refractivity contribution in [2.45, 2.75) is 33.1 Å². The molecule has 0 aliphatic rings. The molecular weight excluding hydrogens is 246 g/mol. The molecule has 0 aliphatic carbocycles. The summed E-state index contributed by atoms with van der Waals surface area (Å²) >= 11 is 0. The topological polar surface area (TPSA) is 35.2 Å². The average Bonchev–Trinajstić information content (AvgIpc) is 2.42. The van der Waals surface area contributed by atoms with Gasteiger partial charge in [-0.3, -0.25) is 0 Å². The van der Waals surface area contributed by atoms with Gasteiger partial charge in [0.1, 0.15) is 11.5 Å². The summed E-state index contributed by atoms with van der Waals surface area (Å²) in [5.74, 6) is 2.28. The first-order chi connectivity index (χ1) is 9.60. The lowest BCUT2D eigenvalue weighted by molar-refractivity contribution is 0.481. The fraction of sp³-hybridized carbons (Fsp3) is 0.333. The van der Waals surface area contributed by atoms with Crippen LogP contribution in [-0.4, -0.2) is 6.54 Å². The van der Waals surface area contributed by atoms with Gasteiger partial charge in [-0.15, -0.1) is 0 Å². The molecule has 0 radical (unpaired) electrons. The fourth-order valence-corrected chi connectivity index (χ4v) is 2.24. The number of ether oxygens (including phenoxy) is 1. The maximum Gasteiger partial charge on any atom is 0.127 e. The minimum atomic E-state index is 0.507. The van der Waals surface area contributed by atoms with Crippen molar-refractivity contribution >= 4 is 0 Å². The van der Waals surface area contributed by atoms with Crippen LogP contribution in [0.15, 0.2) is 42.5 Å². The van der Waals surface area contributed by atoms with Crippen LogP contribution in [-0.2, 0) is 6.42 Å². The van der Waals surface area contributed by atoms with E-state index in [2.05, 4.69) is 45.0 Å². The summed E-state index contributed by atoms with van der Waals surface area (Å²) in [6.07, 6.45) is 0.912. The van der Waals surface area contributed by atoms with Crippen molar-refractivity contribution in [3.8, 4) is 11.5 Å². The van der Waals surface area contributed by atoms with Crippen molar-refractivity contribution in [1.29, 1.82) is 0 Å². The molecule has 2 N–H and O–H groups in total. The van der Waals surface area contributed by atoms with E-state index in [0.717, 1.165) is 17.9 Å². The number of aryl methyl sites for hydroxylation is 1. The molecule has 0 atom stereocenters. The molecule has 0 saturated heterocycles. The maximum atomic E-state index is 5.95. The quantitative estimate of drug-likeness (QED) is 0.872. The van der Waals surface area contributed by atoms with Gasteiger partial charge in [-0.25, -0.2) is 0 Å². The van der Waals surface area contributed by atoms with Crippen LogP contribution in [0.3, 0.4) is 0 Å². The number of rotatable bonds is 5. The number of nitrogens with two attached hydrogens (primary N) is 1. The zero-order chi connectivity index (χ0) is 14.5. The van der Waals surface area contributed by atoms with Gasteiger partial charge in [0.2, 0.25) is 0 Å². The molecule has 2 heteroatoms.